The van der Waals surface area contributed by atoms with E-state index in [2.05, 4.69) is 41.0 Å². The summed E-state index contributed by atoms with van der Waals surface area (Å²) >= 11 is 0. The number of aromatic nitrogens is 3. The van der Waals surface area contributed by atoms with E-state index in [4.69, 9.17) is 0 Å². The number of hydrogen-bond donors (Lipinski definition) is 0. The molecular formula is C18H19N5O. The van der Waals surface area contributed by atoms with Crippen molar-refractivity contribution < 1.29 is 4.79 Å². The molecular weight excluding hydrogens is 302 g/mol. The number of carbonyl (C=O) groups excluding carboxylic acids is 1. The Kier molecular flexibility index (Phi) is 3.45. The third kappa shape index (κ3) is 2.31. The maximum atomic E-state index is 13.2. The van der Waals surface area contributed by atoms with Gasteiger partial charge in [-0.1, -0.05) is 18.2 Å². The zero-order valence-corrected chi connectivity index (χ0v) is 13.8. The highest BCUT2D eigenvalue weighted by Gasteiger charge is 2.29. The van der Waals surface area contributed by atoms with Crippen molar-refractivity contribution in [2.75, 3.05) is 18.5 Å². The van der Waals surface area contributed by atoms with Crippen molar-refractivity contribution in [2.45, 2.75) is 19.5 Å². The van der Waals surface area contributed by atoms with Gasteiger partial charge in [0.2, 0.25) is 0 Å². The van der Waals surface area contributed by atoms with Gasteiger partial charge >= 0.3 is 0 Å². The Bertz CT molecular complexity index is 903. The lowest BCUT2D eigenvalue weighted by Crippen LogP contribution is -2.42. The number of fused-ring (bicyclic) bond motifs is 2. The smallest absolute Gasteiger partial charge is 0.276 e. The third-order valence-corrected chi connectivity index (χ3v) is 4.59. The van der Waals surface area contributed by atoms with E-state index in [-0.39, 0.29) is 11.9 Å². The van der Waals surface area contributed by atoms with Gasteiger partial charge in [0.15, 0.2) is 11.3 Å². The highest BCUT2D eigenvalue weighted by atomic mass is 16.2. The number of benzene rings is 1. The zero-order valence-electron chi connectivity index (χ0n) is 13.8. The number of likely N-dealkylation sites (N-methyl/N-ethyl adjacent to an activating group) is 1. The molecule has 0 aliphatic carbocycles. The highest BCUT2D eigenvalue weighted by Crippen LogP contribution is 2.27. The summed E-state index contributed by atoms with van der Waals surface area (Å²) in [6.07, 6.45) is 6.95. The van der Waals surface area contributed by atoms with Gasteiger partial charge in [0.05, 0.1) is 0 Å². The van der Waals surface area contributed by atoms with Crippen LogP contribution in [0.4, 0.5) is 5.69 Å². The molecule has 0 unspecified atom stereocenters. The first-order chi connectivity index (χ1) is 11.6. The summed E-state index contributed by atoms with van der Waals surface area (Å²) in [5.41, 5.74) is 3.32. The number of anilines is 1. The van der Waals surface area contributed by atoms with E-state index in [1.54, 1.807) is 18.6 Å². The molecule has 0 N–H and O–H groups in total. The largest absolute Gasteiger partial charge is 0.372 e. The topological polar surface area (TPSA) is 53.7 Å². The van der Waals surface area contributed by atoms with E-state index in [1.807, 2.05) is 27.6 Å². The molecule has 0 spiro atoms. The van der Waals surface area contributed by atoms with Crippen LogP contribution < -0.4 is 4.90 Å². The molecule has 0 saturated carbocycles. The molecule has 0 bridgehead atoms. The van der Waals surface area contributed by atoms with E-state index in [0.717, 1.165) is 12.1 Å². The third-order valence-electron chi connectivity index (χ3n) is 4.59. The fourth-order valence-corrected chi connectivity index (χ4v) is 3.36. The normalized spacial score (nSPS) is 17.7. The van der Waals surface area contributed by atoms with Crippen LogP contribution in [0, 0.1) is 0 Å². The number of hydrogen-bond acceptors (Lipinski definition) is 4. The first-order valence-corrected chi connectivity index (χ1v) is 8.03. The second-order valence-electron chi connectivity index (χ2n) is 6.23. The molecule has 0 radical (unpaired) electrons. The molecule has 0 saturated heterocycles. The molecule has 6 nitrogen and oxygen atoms in total. The minimum Gasteiger partial charge on any atom is -0.372 e. The fraction of sp³-hybridized carbons (Fsp3) is 0.278. The Morgan fingerprint density at radius 2 is 1.92 bits per heavy atom. The summed E-state index contributed by atoms with van der Waals surface area (Å²) in [7, 11) is 2.07. The average Bonchev–Trinajstić information content (AvgIpc) is 3.03. The van der Waals surface area contributed by atoms with Crippen LogP contribution in [-0.2, 0) is 6.54 Å². The molecule has 6 heteroatoms. The van der Waals surface area contributed by atoms with Crippen LogP contribution in [-0.4, -0.2) is 44.8 Å². The number of rotatable bonds is 1. The van der Waals surface area contributed by atoms with Crippen molar-refractivity contribution >= 4 is 17.2 Å². The average molecular weight is 321 g/mol. The minimum atomic E-state index is -0.0793. The second-order valence-corrected chi connectivity index (χ2v) is 6.23. The van der Waals surface area contributed by atoms with E-state index < -0.39 is 0 Å². The molecule has 122 valence electrons. The quantitative estimate of drug-likeness (QED) is 0.689. The number of para-hydroxylation sites is 1. The molecule has 24 heavy (non-hydrogen) atoms. The standard InChI is InChI=1S/C18H19N5O/c1-13-11-21(2)15-6-4-3-5-14(15)12-23(13)18(24)16-17-20-8-10-22(17)9-7-19-16/h3-10,13H,11-12H2,1-2H3/t13-/m0/s1. The summed E-state index contributed by atoms with van der Waals surface area (Å²) in [4.78, 5) is 25.9. The van der Waals surface area contributed by atoms with Crippen molar-refractivity contribution in [1.82, 2.24) is 19.3 Å². The van der Waals surface area contributed by atoms with E-state index in [0.29, 0.717) is 17.9 Å². The summed E-state index contributed by atoms with van der Waals surface area (Å²) in [5.74, 6) is -0.0793. The van der Waals surface area contributed by atoms with Gasteiger partial charge in [-0.15, -0.1) is 0 Å². The molecule has 3 heterocycles. The Hall–Kier alpha value is -2.89. The Morgan fingerprint density at radius 3 is 2.75 bits per heavy atom. The van der Waals surface area contributed by atoms with Gasteiger partial charge < -0.3 is 14.2 Å². The zero-order chi connectivity index (χ0) is 16.7. The summed E-state index contributed by atoms with van der Waals surface area (Å²) in [6, 6.07) is 8.30. The van der Waals surface area contributed by atoms with Crippen LogP contribution in [0.5, 0.6) is 0 Å². The SMILES string of the molecule is C[C@H]1CN(C)c2ccccc2CN1C(=O)c1nccn2ccnc12. The summed E-state index contributed by atoms with van der Waals surface area (Å²) in [5, 5.41) is 0. The van der Waals surface area contributed by atoms with Gasteiger partial charge in [0.1, 0.15) is 0 Å². The molecule has 2 aromatic heterocycles. The molecule has 1 aliphatic rings. The van der Waals surface area contributed by atoms with Crippen LogP contribution in [0.15, 0.2) is 49.1 Å². The molecule has 1 atom stereocenters. The van der Waals surface area contributed by atoms with Crippen LogP contribution in [0.2, 0.25) is 0 Å². The van der Waals surface area contributed by atoms with Gasteiger partial charge in [-0.05, 0) is 18.6 Å². The Labute approximate surface area is 140 Å². The lowest BCUT2D eigenvalue weighted by Gasteiger charge is -2.28. The molecule has 1 aliphatic heterocycles. The van der Waals surface area contributed by atoms with Crippen molar-refractivity contribution in [1.29, 1.82) is 0 Å². The fourth-order valence-electron chi connectivity index (χ4n) is 3.36. The van der Waals surface area contributed by atoms with E-state index >= 15 is 0 Å². The van der Waals surface area contributed by atoms with Crippen molar-refractivity contribution in [3.8, 4) is 0 Å². The molecule has 0 fully saturated rings. The van der Waals surface area contributed by atoms with Crippen molar-refractivity contribution in [3.05, 3.63) is 60.3 Å². The van der Waals surface area contributed by atoms with Crippen LogP contribution >= 0.6 is 0 Å². The Balaban J connectivity index is 1.75. The van der Waals surface area contributed by atoms with Crippen LogP contribution in [0.1, 0.15) is 23.0 Å². The number of carbonyl (C=O) groups is 1. The summed E-state index contributed by atoms with van der Waals surface area (Å²) < 4.78 is 1.82. The molecule has 4 rings (SSSR count). The first kappa shape index (κ1) is 14.7. The Morgan fingerprint density at radius 1 is 1.17 bits per heavy atom. The lowest BCUT2D eigenvalue weighted by molar-refractivity contribution is 0.0682. The lowest BCUT2D eigenvalue weighted by atomic mass is 10.1. The second kappa shape index (κ2) is 5.63. The van der Waals surface area contributed by atoms with Crippen molar-refractivity contribution in [2.24, 2.45) is 0 Å². The van der Waals surface area contributed by atoms with Crippen LogP contribution in [0.25, 0.3) is 5.65 Å². The summed E-state index contributed by atoms with van der Waals surface area (Å²) in [6.45, 7) is 3.43. The maximum Gasteiger partial charge on any atom is 0.276 e. The maximum absolute atomic E-state index is 13.2. The predicted molar refractivity (Wildman–Crippen MR) is 92.0 cm³/mol. The van der Waals surface area contributed by atoms with E-state index in [9.17, 15) is 4.79 Å². The monoisotopic (exact) mass is 321 g/mol. The molecule has 1 amide bonds. The van der Waals surface area contributed by atoms with Gasteiger partial charge in [-0.25, -0.2) is 9.97 Å². The highest BCUT2D eigenvalue weighted by molar-refractivity contribution is 5.98. The van der Waals surface area contributed by atoms with Crippen molar-refractivity contribution in [3.63, 3.8) is 0 Å². The minimum absolute atomic E-state index is 0.0759. The van der Waals surface area contributed by atoms with Gasteiger partial charge in [-0.2, -0.15) is 0 Å². The number of amides is 1. The number of nitrogens with zero attached hydrogens (tertiary/aromatic N) is 5. The van der Waals surface area contributed by atoms with Gasteiger partial charge in [0.25, 0.3) is 5.91 Å². The first-order valence-electron chi connectivity index (χ1n) is 8.03. The number of imidazole rings is 1. The van der Waals surface area contributed by atoms with Gasteiger partial charge in [-0.3, -0.25) is 4.79 Å². The van der Waals surface area contributed by atoms with Crippen LogP contribution in [0.3, 0.4) is 0 Å². The molecule has 1 aromatic carbocycles. The predicted octanol–water partition coefficient (Wildman–Crippen LogP) is 2.21. The van der Waals surface area contributed by atoms with E-state index in [1.165, 1.54) is 5.69 Å². The van der Waals surface area contributed by atoms with Gasteiger partial charge in [0, 0.05) is 56.7 Å². The molecule has 3 aromatic rings.